The Morgan fingerprint density at radius 3 is 2.25 bits per heavy atom. The van der Waals surface area contributed by atoms with Crippen molar-refractivity contribution in [3.8, 4) is 22.3 Å². The van der Waals surface area contributed by atoms with Crippen molar-refractivity contribution in [2.45, 2.75) is 39.0 Å². The van der Waals surface area contributed by atoms with Gasteiger partial charge in [0.05, 0.1) is 5.69 Å². The number of anilines is 2. The third-order valence-electron chi connectivity index (χ3n) is 9.40. The summed E-state index contributed by atoms with van der Waals surface area (Å²) < 4.78 is 0. The number of hydrogen-bond donors (Lipinski definition) is 0. The van der Waals surface area contributed by atoms with Crippen LogP contribution in [0.4, 0.5) is 11.4 Å². The summed E-state index contributed by atoms with van der Waals surface area (Å²) in [5.41, 5.74) is 13.7. The Balaban J connectivity index is 1.45. The molecule has 0 amide bonds. The van der Waals surface area contributed by atoms with Gasteiger partial charge in [-0.2, -0.15) is 0 Å². The highest BCUT2D eigenvalue weighted by Crippen LogP contribution is 2.52. The molecule has 1 heterocycles. The average molecular weight is 516 g/mol. The third-order valence-corrected chi connectivity index (χ3v) is 9.40. The van der Waals surface area contributed by atoms with Gasteiger partial charge in [0.25, 0.3) is 0 Å². The third kappa shape index (κ3) is 3.27. The first kappa shape index (κ1) is 23.5. The summed E-state index contributed by atoms with van der Waals surface area (Å²) in [4.78, 5) is 2.59. The van der Waals surface area contributed by atoms with Crippen LogP contribution in [0.2, 0.25) is 0 Å². The molecular weight excluding hydrogens is 482 g/mol. The zero-order valence-electron chi connectivity index (χ0n) is 23.5. The van der Waals surface area contributed by atoms with Gasteiger partial charge >= 0.3 is 0 Å². The minimum Gasteiger partial charge on any atom is -0.340 e. The fraction of sp³-hybridized carbons (Fsp3) is 0.179. The largest absolute Gasteiger partial charge is 0.340 e. The van der Waals surface area contributed by atoms with E-state index in [0.29, 0.717) is 0 Å². The normalized spacial score (nSPS) is 15.2. The van der Waals surface area contributed by atoms with Crippen molar-refractivity contribution in [2.24, 2.45) is 0 Å². The summed E-state index contributed by atoms with van der Waals surface area (Å²) in [6.45, 7) is 7.97. The van der Waals surface area contributed by atoms with Crippen molar-refractivity contribution in [1.82, 2.24) is 0 Å². The first-order chi connectivity index (χ1) is 19.5. The number of hydrogen-bond acceptors (Lipinski definition) is 1. The van der Waals surface area contributed by atoms with Crippen LogP contribution in [0.3, 0.4) is 0 Å². The lowest BCUT2D eigenvalue weighted by Crippen LogP contribution is -2.25. The summed E-state index contributed by atoms with van der Waals surface area (Å²) in [5, 5.41) is 5.32. The van der Waals surface area contributed by atoms with E-state index in [-0.39, 0.29) is 5.41 Å². The Morgan fingerprint density at radius 1 is 0.625 bits per heavy atom. The van der Waals surface area contributed by atoms with Gasteiger partial charge in [0.2, 0.25) is 0 Å². The zero-order chi connectivity index (χ0) is 27.0. The van der Waals surface area contributed by atoms with Crippen LogP contribution >= 0.6 is 0 Å². The number of aryl methyl sites for hydroxylation is 2. The van der Waals surface area contributed by atoms with Crippen molar-refractivity contribution >= 4 is 32.9 Å². The molecule has 0 N–H and O–H groups in total. The Bertz CT molecular complexity index is 1980. The molecule has 0 saturated heterocycles. The second kappa shape index (κ2) is 8.57. The molecule has 0 atom stereocenters. The van der Waals surface area contributed by atoms with Gasteiger partial charge in [-0.25, -0.2) is 0 Å². The van der Waals surface area contributed by atoms with Gasteiger partial charge in [-0.15, -0.1) is 0 Å². The first-order valence-corrected chi connectivity index (χ1v) is 14.6. The number of rotatable bonds is 2. The lowest BCUT2D eigenvalue weighted by atomic mass is 9.81. The lowest BCUT2D eigenvalue weighted by molar-refractivity contribution is 0.660. The first-order valence-electron chi connectivity index (χ1n) is 14.6. The number of para-hydroxylation sites is 1. The van der Waals surface area contributed by atoms with Crippen molar-refractivity contribution in [3.05, 3.63) is 131 Å². The molecule has 0 unspecified atom stereocenters. The van der Waals surface area contributed by atoms with Crippen LogP contribution in [-0.4, -0.2) is 6.54 Å². The smallest absolute Gasteiger partial charge is 0.0570 e. The fourth-order valence-electron chi connectivity index (χ4n) is 7.51. The van der Waals surface area contributed by atoms with Crippen molar-refractivity contribution in [2.75, 3.05) is 11.4 Å². The molecule has 0 spiro atoms. The summed E-state index contributed by atoms with van der Waals surface area (Å²) in [5.74, 6) is 0. The van der Waals surface area contributed by atoms with E-state index in [0.717, 1.165) is 13.0 Å². The minimum absolute atomic E-state index is 0.0106. The molecule has 6 aromatic rings. The molecule has 194 valence electrons. The van der Waals surface area contributed by atoms with Gasteiger partial charge in [-0.05, 0) is 81.6 Å². The molecule has 0 aromatic heterocycles. The molecule has 2 aliphatic rings. The molecule has 40 heavy (non-hydrogen) atoms. The number of nitrogens with zero attached hydrogens (tertiary/aromatic N) is 1. The van der Waals surface area contributed by atoms with E-state index in [4.69, 9.17) is 0 Å². The van der Waals surface area contributed by atoms with Crippen LogP contribution in [0.25, 0.3) is 43.8 Å². The molecular formula is C39H33N. The molecule has 1 heteroatoms. The summed E-state index contributed by atoms with van der Waals surface area (Å²) in [6, 6.07) is 41.2. The molecule has 1 aliphatic carbocycles. The van der Waals surface area contributed by atoms with Crippen LogP contribution in [0.5, 0.6) is 0 Å². The Kier molecular flexibility index (Phi) is 5.04. The molecule has 8 rings (SSSR count). The molecule has 6 aromatic carbocycles. The predicted molar refractivity (Wildman–Crippen MR) is 171 cm³/mol. The molecule has 1 aliphatic heterocycles. The molecule has 0 bridgehead atoms. The van der Waals surface area contributed by atoms with E-state index in [2.05, 4.69) is 135 Å². The van der Waals surface area contributed by atoms with Crippen molar-refractivity contribution in [3.63, 3.8) is 0 Å². The van der Waals surface area contributed by atoms with Gasteiger partial charge < -0.3 is 4.90 Å². The predicted octanol–water partition coefficient (Wildman–Crippen LogP) is 10.4. The van der Waals surface area contributed by atoms with Crippen LogP contribution in [0, 0.1) is 6.92 Å². The Hall–Kier alpha value is -4.36. The molecule has 0 saturated carbocycles. The van der Waals surface area contributed by atoms with E-state index in [1.54, 1.807) is 0 Å². The molecule has 0 radical (unpaired) electrons. The van der Waals surface area contributed by atoms with Gasteiger partial charge in [-0.1, -0.05) is 116 Å². The van der Waals surface area contributed by atoms with Crippen LogP contribution in [0.15, 0.2) is 109 Å². The van der Waals surface area contributed by atoms with E-state index >= 15 is 0 Å². The van der Waals surface area contributed by atoms with E-state index in [9.17, 15) is 0 Å². The molecule has 0 fully saturated rings. The van der Waals surface area contributed by atoms with Crippen molar-refractivity contribution < 1.29 is 0 Å². The second-order valence-electron chi connectivity index (χ2n) is 12.1. The van der Waals surface area contributed by atoms with Gasteiger partial charge in [0.15, 0.2) is 0 Å². The Morgan fingerprint density at radius 2 is 1.35 bits per heavy atom. The van der Waals surface area contributed by atoms with E-state index in [1.807, 2.05) is 0 Å². The molecule has 1 nitrogen and oxygen atoms in total. The minimum atomic E-state index is 0.0106. The van der Waals surface area contributed by atoms with E-state index < -0.39 is 0 Å². The van der Waals surface area contributed by atoms with Crippen molar-refractivity contribution in [1.29, 1.82) is 0 Å². The maximum Gasteiger partial charge on any atom is 0.0570 e. The van der Waals surface area contributed by atoms with Crippen LogP contribution < -0.4 is 4.90 Å². The topological polar surface area (TPSA) is 3.24 Å². The Labute approximate surface area is 236 Å². The summed E-state index contributed by atoms with van der Waals surface area (Å²) >= 11 is 0. The lowest BCUT2D eigenvalue weighted by Gasteiger charge is -2.34. The summed E-state index contributed by atoms with van der Waals surface area (Å²) in [7, 11) is 0. The maximum absolute atomic E-state index is 2.59. The SMILES string of the molecule is Cc1ccc2c(N3CCCc4ccccc43)c3ccccc3c(-c3ccc4c(c3)-c3ccccc3C4(C)C)c2c1. The van der Waals surface area contributed by atoms with Crippen LogP contribution in [0.1, 0.15) is 42.5 Å². The standard InChI is InChI=1S/C39H33N/c1-25-18-20-31-33(23-25)37(27-19-21-35-32(24-27)28-13-7-8-16-34(28)39(35,2)3)29-14-5-6-15-30(29)38(31)40-22-10-12-26-11-4-9-17-36(26)40/h4-9,11,13-21,23-24H,10,12,22H2,1-3H3. The average Bonchev–Trinajstić information content (AvgIpc) is 3.21. The highest BCUT2D eigenvalue weighted by molar-refractivity contribution is 6.21. The second-order valence-corrected chi connectivity index (χ2v) is 12.1. The quantitative estimate of drug-likeness (QED) is 0.207. The number of fused-ring (bicyclic) bond motifs is 6. The fourth-order valence-corrected chi connectivity index (χ4v) is 7.51. The monoisotopic (exact) mass is 515 g/mol. The number of benzene rings is 6. The van der Waals surface area contributed by atoms with Gasteiger partial charge in [0, 0.05) is 28.4 Å². The highest BCUT2D eigenvalue weighted by atomic mass is 15.1. The van der Waals surface area contributed by atoms with Gasteiger partial charge in [0.1, 0.15) is 0 Å². The maximum atomic E-state index is 2.59. The zero-order valence-corrected chi connectivity index (χ0v) is 23.5. The van der Waals surface area contributed by atoms with Crippen LogP contribution in [-0.2, 0) is 11.8 Å². The van der Waals surface area contributed by atoms with Gasteiger partial charge in [-0.3, -0.25) is 0 Å². The van der Waals surface area contributed by atoms with E-state index in [1.165, 1.54) is 83.8 Å². The summed E-state index contributed by atoms with van der Waals surface area (Å²) in [6.07, 6.45) is 2.31. The highest BCUT2D eigenvalue weighted by Gasteiger charge is 2.35.